The second-order valence-electron chi connectivity index (χ2n) is 3.46. The van der Waals surface area contributed by atoms with Gasteiger partial charge in [-0.25, -0.2) is 0 Å². The summed E-state index contributed by atoms with van der Waals surface area (Å²) in [5, 5.41) is 0. The number of carbonyl (C=O) groups is 1. The molecule has 0 unspecified atom stereocenters. The number of hydrogen-bond acceptors (Lipinski definition) is 2. The molecule has 0 aromatic carbocycles. The van der Waals surface area contributed by atoms with Gasteiger partial charge in [-0.3, -0.25) is 4.79 Å². The Labute approximate surface area is 93.7 Å². The number of carbonyl (C=O) groups excluding carboxylic acids is 1. The number of rotatable bonds is 7. The summed E-state index contributed by atoms with van der Waals surface area (Å²) in [6.45, 7) is 11.1. The van der Waals surface area contributed by atoms with Crippen LogP contribution in [0.4, 0.5) is 0 Å². The van der Waals surface area contributed by atoms with Gasteiger partial charge < -0.3 is 10.5 Å². The van der Waals surface area contributed by atoms with Crippen molar-refractivity contribution >= 4 is 5.91 Å². The van der Waals surface area contributed by atoms with Gasteiger partial charge in [0.2, 0.25) is 5.91 Å². The van der Waals surface area contributed by atoms with Crippen molar-refractivity contribution in [3.63, 3.8) is 0 Å². The molecule has 0 fully saturated rings. The molecule has 0 spiro atoms. The van der Waals surface area contributed by atoms with Crippen LogP contribution in [0.2, 0.25) is 0 Å². The third-order valence-corrected chi connectivity index (χ3v) is 1.71. The lowest BCUT2D eigenvalue weighted by molar-refractivity contribution is -0.114. The van der Waals surface area contributed by atoms with E-state index in [0.717, 1.165) is 13.2 Å². The van der Waals surface area contributed by atoms with E-state index in [1.165, 1.54) is 25.7 Å². The average molecular weight is 215 g/mol. The number of unbranched alkanes of at least 4 members (excludes halogenated alkanes) is 2. The van der Waals surface area contributed by atoms with Gasteiger partial charge in [-0.15, -0.1) is 0 Å². The van der Waals surface area contributed by atoms with Crippen molar-refractivity contribution in [3.8, 4) is 0 Å². The smallest absolute Gasteiger partial charge is 0.243 e. The molecular weight excluding hydrogens is 190 g/mol. The van der Waals surface area contributed by atoms with Crippen LogP contribution in [0.1, 0.15) is 46.5 Å². The number of primary amides is 1. The fourth-order valence-corrected chi connectivity index (χ4v) is 0.595. The summed E-state index contributed by atoms with van der Waals surface area (Å²) in [5.41, 5.74) is 5.09. The fourth-order valence-electron chi connectivity index (χ4n) is 0.595. The second-order valence-corrected chi connectivity index (χ2v) is 3.46. The monoisotopic (exact) mass is 215 g/mol. The highest BCUT2D eigenvalue weighted by atomic mass is 16.5. The molecule has 0 aromatic rings. The average Bonchev–Trinajstić information content (AvgIpc) is 2.18. The van der Waals surface area contributed by atoms with Crippen LogP contribution in [0.15, 0.2) is 12.2 Å². The molecule has 1 amide bonds. The SMILES string of the molecule is C=C(C)C(N)=O.CCCCOCCCC. The Morgan fingerprint density at radius 3 is 1.73 bits per heavy atom. The summed E-state index contributed by atoms with van der Waals surface area (Å²) in [6.07, 6.45) is 4.91. The molecule has 0 aromatic heterocycles. The van der Waals surface area contributed by atoms with Crippen molar-refractivity contribution in [1.82, 2.24) is 0 Å². The largest absolute Gasteiger partial charge is 0.381 e. The highest BCUT2D eigenvalue weighted by molar-refractivity contribution is 5.90. The van der Waals surface area contributed by atoms with E-state index < -0.39 is 5.91 Å². The number of ether oxygens (including phenoxy) is 1. The highest BCUT2D eigenvalue weighted by Gasteiger charge is 1.86. The van der Waals surface area contributed by atoms with Crippen LogP contribution >= 0.6 is 0 Å². The summed E-state index contributed by atoms with van der Waals surface area (Å²) in [6, 6.07) is 0. The topological polar surface area (TPSA) is 52.3 Å². The molecule has 0 aliphatic heterocycles. The maximum absolute atomic E-state index is 9.82. The highest BCUT2D eigenvalue weighted by Crippen LogP contribution is 1.91. The Bertz CT molecular complexity index is 149. The Balaban J connectivity index is 0. The van der Waals surface area contributed by atoms with E-state index in [9.17, 15) is 4.79 Å². The standard InChI is InChI=1S/C8H18O.C4H7NO/c1-3-5-7-9-8-6-4-2;1-3(2)4(5)6/h3-8H2,1-2H3;1H2,2H3,(H2,5,6). The fraction of sp³-hybridized carbons (Fsp3) is 0.750. The van der Waals surface area contributed by atoms with Crippen molar-refractivity contribution < 1.29 is 9.53 Å². The lowest BCUT2D eigenvalue weighted by atomic mass is 10.3. The van der Waals surface area contributed by atoms with Crippen molar-refractivity contribution in [2.45, 2.75) is 46.5 Å². The van der Waals surface area contributed by atoms with Crippen molar-refractivity contribution in [2.75, 3.05) is 13.2 Å². The Hall–Kier alpha value is -0.830. The lowest BCUT2D eigenvalue weighted by Crippen LogP contribution is -2.10. The molecule has 0 aliphatic carbocycles. The molecule has 3 nitrogen and oxygen atoms in total. The quantitative estimate of drug-likeness (QED) is 0.524. The van der Waals surface area contributed by atoms with Crippen LogP contribution in [0.3, 0.4) is 0 Å². The van der Waals surface area contributed by atoms with Gasteiger partial charge in [-0.1, -0.05) is 33.3 Å². The Morgan fingerprint density at radius 1 is 1.20 bits per heavy atom. The van der Waals surface area contributed by atoms with E-state index in [1.807, 2.05) is 0 Å². The summed E-state index contributed by atoms with van der Waals surface area (Å²) in [7, 11) is 0. The van der Waals surface area contributed by atoms with E-state index in [4.69, 9.17) is 10.5 Å². The first-order chi connectivity index (χ1) is 7.06. The predicted molar refractivity (Wildman–Crippen MR) is 64.6 cm³/mol. The molecule has 90 valence electrons. The van der Waals surface area contributed by atoms with Crippen molar-refractivity contribution in [2.24, 2.45) is 5.73 Å². The van der Waals surface area contributed by atoms with Gasteiger partial charge in [-0.2, -0.15) is 0 Å². The lowest BCUT2D eigenvalue weighted by Gasteiger charge is -1.99. The summed E-state index contributed by atoms with van der Waals surface area (Å²) >= 11 is 0. The van der Waals surface area contributed by atoms with Crippen molar-refractivity contribution in [3.05, 3.63) is 12.2 Å². The van der Waals surface area contributed by atoms with Gasteiger partial charge >= 0.3 is 0 Å². The van der Waals surface area contributed by atoms with Gasteiger partial charge in [0.25, 0.3) is 0 Å². The summed E-state index contributed by atoms with van der Waals surface area (Å²) in [5.74, 6) is -0.435. The second kappa shape index (κ2) is 13.2. The van der Waals surface area contributed by atoms with Crippen LogP contribution < -0.4 is 5.73 Å². The first-order valence-electron chi connectivity index (χ1n) is 5.59. The predicted octanol–water partition coefficient (Wildman–Crippen LogP) is 2.65. The molecule has 0 saturated heterocycles. The third kappa shape index (κ3) is 19.5. The zero-order valence-electron chi connectivity index (χ0n) is 10.3. The molecule has 0 atom stereocenters. The van der Waals surface area contributed by atoms with Gasteiger partial charge in [0.1, 0.15) is 0 Å². The van der Waals surface area contributed by atoms with Crippen LogP contribution in [0, 0.1) is 0 Å². The van der Waals surface area contributed by atoms with Gasteiger partial charge in [0.15, 0.2) is 0 Å². The molecule has 0 aliphatic rings. The Kier molecular flexibility index (Phi) is 14.6. The number of hydrogen-bond donors (Lipinski definition) is 1. The minimum absolute atomic E-state index is 0.398. The molecule has 15 heavy (non-hydrogen) atoms. The van der Waals surface area contributed by atoms with Crippen molar-refractivity contribution in [1.29, 1.82) is 0 Å². The summed E-state index contributed by atoms with van der Waals surface area (Å²) < 4.78 is 5.31. The zero-order valence-corrected chi connectivity index (χ0v) is 10.3. The van der Waals surface area contributed by atoms with Crippen LogP contribution in [-0.2, 0) is 9.53 Å². The minimum atomic E-state index is -0.435. The molecule has 2 N–H and O–H groups in total. The third-order valence-electron chi connectivity index (χ3n) is 1.71. The molecular formula is C12H25NO2. The van der Waals surface area contributed by atoms with E-state index in [-0.39, 0.29) is 0 Å². The molecule has 0 saturated carbocycles. The van der Waals surface area contributed by atoms with Gasteiger partial charge in [-0.05, 0) is 19.8 Å². The maximum atomic E-state index is 9.82. The van der Waals surface area contributed by atoms with Crippen LogP contribution in [0.5, 0.6) is 0 Å². The first-order valence-corrected chi connectivity index (χ1v) is 5.59. The van der Waals surface area contributed by atoms with Gasteiger partial charge in [0.05, 0.1) is 0 Å². The number of amides is 1. The molecule has 0 radical (unpaired) electrons. The molecule has 0 rings (SSSR count). The Morgan fingerprint density at radius 2 is 1.53 bits per heavy atom. The maximum Gasteiger partial charge on any atom is 0.243 e. The molecule has 0 heterocycles. The number of nitrogens with two attached hydrogens (primary N) is 1. The molecule has 3 heteroatoms. The van der Waals surface area contributed by atoms with Gasteiger partial charge in [0, 0.05) is 18.8 Å². The first kappa shape index (κ1) is 16.6. The van der Waals surface area contributed by atoms with E-state index >= 15 is 0 Å². The minimum Gasteiger partial charge on any atom is -0.381 e. The zero-order chi connectivity index (χ0) is 12.1. The molecule has 0 bridgehead atoms. The van der Waals surface area contributed by atoms with E-state index in [0.29, 0.717) is 5.57 Å². The normalized spacial score (nSPS) is 9.00. The van der Waals surface area contributed by atoms with Crippen LogP contribution in [0.25, 0.3) is 0 Å². The summed E-state index contributed by atoms with van der Waals surface area (Å²) in [4.78, 5) is 9.82. The van der Waals surface area contributed by atoms with E-state index in [1.54, 1.807) is 6.92 Å². The van der Waals surface area contributed by atoms with Crippen LogP contribution in [-0.4, -0.2) is 19.1 Å². The van der Waals surface area contributed by atoms with E-state index in [2.05, 4.69) is 20.4 Å².